The van der Waals surface area contributed by atoms with Gasteiger partial charge < -0.3 is 4.57 Å². The minimum absolute atomic E-state index is 0.193. The average Bonchev–Trinajstić information content (AvgIpc) is 1.57. The Bertz CT molecular complexity index is 7010. The van der Waals surface area contributed by atoms with Crippen LogP contribution in [0.25, 0.3) is 149 Å². The molecule has 1 aromatic heterocycles. The molecule has 3 atom stereocenters. The molecule has 0 spiro atoms. The maximum absolute atomic E-state index is 2.53. The van der Waals surface area contributed by atoms with Gasteiger partial charge in [-0.15, -0.1) is 0 Å². The van der Waals surface area contributed by atoms with Crippen LogP contribution in [0.15, 0.2) is 388 Å². The van der Waals surface area contributed by atoms with Crippen molar-refractivity contribution in [1.29, 1.82) is 0 Å². The Morgan fingerprint density at radius 2 is 0.564 bits per heavy atom. The Labute approximate surface area is 640 Å². The van der Waals surface area contributed by atoms with Gasteiger partial charge in [0.2, 0.25) is 0 Å². The van der Waals surface area contributed by atoms with Crippen LogP contribution in [0.1, 0.15) is 90.1 Å². The molecule has 5 aliphatic carbocycles. The highest BCUT2D eigenvalue weighted by Gasteiger charge is 2.36. The molecule has 1 nitrogen and oxygen atoms in total. The van der Waals surface area contributed by atoms with Crippen molar-refractivity contribution in [3.8, 4) is 106 Å². The lowest BCUT2D eigenvalue weighted by Crippen LogP contribution is -2.00. The lowest BCUT2D eigenvalue weighted by molar-refractivity contribution is 1.01. The van der Waals surface area contributed by atoms with E-state index < -0.39 is 0 Å². The van der Waals surface area contributed by atoms with Crippen molar-refractivity contribution in [3.63, 3.8) is 0 Å². The summed E-state index contributed by atoms with van der Waals surface area (Å²) in [6.45, 7) is 0. The highest BCUT2D eigenvalue weighted by molar-refractivity contribution is 6.13. The van der Waals surface area contributed by atoms with Gasteiger partial charge in [0.05, 0.1) is 11.0 Å². The largest absolute Gasteiger partial charge is 0.309 e. The number of fused-ring (bicyclic) bond motifs is 20. The summed E-state index contributed by atoms with van der Waals surface area (Å²) in [6.07, 6.45) is 1.98. The molecule has 0 N–H and O–H groups in total. The topological polar surface area (TPSA) is 4.93 Å². The van der Waals surface area contributed by atoms with Gasteiger partial charge in [0.1, 0.15) is 0 Å². The van der Waals surface area contributed by atoms with Gasteiger partial charge in [-0.3, -0.25) is 0 Å². The molecule has 0 amide bonds. The predicted octanol–water partition coefficient (Wildman–Crippen LogP) is 28.1. The molecule has 512 valence electrons. The Morgan fingerprint density at radius 3 is 1.13 bits per heavy atom. The second-order valence-electron chi connectivity index (χ2n) is 30.9. The van der Waals surface area contributed by atoms with Crippen LogP contribution in [0.3, 0.4) is 0 Å². The van der Waals surface area contributed by atoms with Gasteiger partial charge >= 0.3 is 0 Å². The number of nitrogens with zero attached hydrogens (tertiary/aromatic N) is 1. The first-order chi connectivity index (χ1) is 54.5. The summed E-state index contributed by atoms with van der Waals surface area (Å²) < 4.78 is 2.48. The van der Waals surface area contributed by atoms with Crippen LogP contribution in [-0.2, 0) is 12.8 Å². The Hall–Kier alpha value is -13.7. The molecule has 0 bridgehead atoms. The van der Waals surface area contributed by atoms with Gasteiger partial charge in [0.25, 0.3) is 0 Å². The van der Waals surface area contributed by atoms with Crippen molar-refractivity contribution in [1.82, 2.24) is 4.57 Å². The standard InChI is InChI=1S/C55H36.C54H35N/c1-2-10-34(11-3-1)36-18-21-37(22-19-36)54-46-17-9-8-16-45(46)50-30-39(24-26-47(50)54)40-25-27-48-51(31-40)52-33-49-43(29-41-14-6-7-15-44(41)49)32-53(52)55(48)42-23-20-35-12-4-5-13-38(35)28-42;1-2-10-34(11-3-1)36-18-20-37(21-19-36)54-46-17-9-8-16-45(46)49-30-39(23-26-47(49)54)40-24-27-52-50(31-40)51-32-42-28-41-14-6-7-15-44(41)48(42)33-53(51)55(52)43-25-22-35-12-4-5-13-38(35)29-43/h1-28,30-33,54-55H,29H2;1-27,29-33,54H,28H2. The van der Waals surface area contributed by atoms with E-state index in [9.17, 15) is 0 Å². The lowest BCUT2D eigenvalue weighted by Gasteiger charge is -2.17. The van der Waals surface area contributed by atoms with Crippen LogP contribution in [-0.4, -0.2) is 4.57 Å². The van der Waals surface area contributed by atoms with Gasteiger partial charge in [-0.2, -0.15) is 0 Å². The van der Waals surface area contributed by atoms with Crippen molar-refractivity contribution in [2.24, 2.45) is 0 Å². The van der Waals surface area contributed by atoms with E-state index in [1.54, 1.807) is 0 Å². The minimum Gasteiger partial charge on any atom is -0.309 e. The third kappa shape index (κ3) is 10.0. The van der Waals surface area contributed by atoms with Crippen molar-refractivity contribution < 1.29 is 0 Å². The summed E-state index contributed by atoms with van der Waals surface area (Å²) in [6, 6.07) is 146. The van der Waals surface area contributed by atoms with Gasteiger partial charge in [-0.05, 0) is 268 Å². The zero-order valence-electron chi connectivity index (χ0n) is 60.5. The molecule has 0 radical (unpaired) electrons. The van der Waals surface area contributed by atoms with Gasteiger partial charge in [0, 0.05) is 34.2 Å². The smallest absolute Gasteiger partial charge is 0.0547 e. The van der Waals surface area contributed by atoms with Crippen LogP contribution in [0, 0.1) is 0 Å². The number of hydrogen-bond acceptors (Lipinski definition) is 0. The monoisotopic (exact) mass is 1390 g/mol. The minimum atomic E-state index is 0.193. The van der Waals surface area contributed by atoms with E-state index in [1.165, 1.54) is 222 Å². The summed E-state index contributed by atoms with van der Waals surface area (Å²) >= 11 is 0. The fraction of sp³-hybridized carbons (Fsp3) is 0.0459. The van der Waals surface area contributed by atoms with Crippen LogP contribution < -0.4 is 0 Å². The molecule has 18 aromatic carbocycles. The molecule has 24 rings (SSSR count). The van der Waals surface area contributed by atoms with Gasteiger partial charge in [0.15, 0.2) is 0 Å². The van der Waals surface area contributed by atoms with Gasteiger partial charge in [-0.25, -0.2) is 0 Å². The van der Waals surface area contributed by atoms with E-state index in [2.05, 4.69) is 393 Å². The molecule has 1 heterocycles. The molecule has 19 aromatic rings. The first-order valence-electron chi connectivity index (χ1n) is 38.8. The van der Waals surface area contributed by atoms with E-state index >= 15 is 0 Å². The Morgan fingerprint density at radius 1 is 0.182 bits per heavy atom. The van der Waals surface area contributed by atoms with E-state index in [-0.39, 0.29) is 17.8 Å². The van der Waals surface area contributed by atoms with Crippen molar-refractivity contribution in [3.05, 3.63) is 461 Å². The molecule has 0 saturated carbocycles. The summed E-state index contributed by atoms with van der Waals surface area (Å²) in [5.74, 6) is 0.613. The summed E-state index contributed by atoms with van der Waals surface area (Å²) in [7, 11) is 0. The molecule has 110 heavy (non-hydrogen) atoms. The highest BCUT2D eigenvalue weighted by Crippen LogP contribution is 2.56. The summed E-state index contributed by atoms with van der Waals surface area (Å²) in [4.78, 5) is 0. The normalized spacial score (nSPS) is 14.7. The molecule has 1 heteroatoms. The first-order valence-corrected chi connectivity index (χ1v) is 38.8. The SMILES string of the molecule is c1ccc(-c2ccc(C3c4ccccc4-c4cc(-c5ccc6c(c5)-c5cc7c(cc5C6c5ccc6ccccc6c5)Cc5ccccc5-7)ccc43)cc2)cc1.c1ccc(-c2ccc(C3c4ccccc4-c4cc(-c5ccc6c(c5)c5cc7c(cc5n6-c5ccc6ccccc6c5)-c5ccccc5C7)ccc43)cc2)cc1. The third-order valence-electron chi connectivity index (χ3n) is 24.9. The lowest BCUT2D eigenvalue weighted by atomic mass is 9.86. The molecule has 0 aliphatic heterocycles. The van der Waals surface area contributed by atoms with Crippen LogP contribution in [0.2, 0.25) is 0 Å². The number of hydrogen-bond donors (Lipinski definition) is 0. The van der Waals surface area contributed by atoms with Crippen molar-refractivity contribution in [2.45, 2.75) is 30.6 Å². The molecule has 0 saturated heterocycles. The van der Waals surface area contributed by atoms with Crippen LogP contribution >= 0.6 is 0 Å². The first kappa shape index (κ1) is 62.5. The maximum Gasteiger partial charge on any atom is 0.0547 e. The molecular weight excluding hydrogens is 1320 g/mol. The molecule has 0 fully saturated rings. The zero-order valence-corrected chi connectivity index (χ0v) is 60.5. The fourth-order valence-electron chi connectivity index (χ4n) is 19.7. The quantitative estimate of drug-likeness (QED) is 0.143. The highest BCUT2D eigenvalue weighted by atomic mass is 15.0. The molecule has 5 aliphatic rings. The second-order valence-corrected chi connectivity index (χ2v) is 30.9. The molecule has 3 unspecified atom stereocenters. The van der Waals surface area contributed by atoms with E-state index in [0.717, 1.165) is 12.8 Å². The van der Waals surface area contributed by atoms with E-state index in [1.807, 2.05) is 0 Å². The third-order valence-corrected chi connectivity index (χ3v) is 24.9. The summed E-state index contributed by atoms with van der Waals surface area (Å²) in [5.41, 5.74) is 45.3. The number of benzene rings is 18. The Kier molecular flexibility index (Phi) is 14.2. The predicted molar refractivity (Wildman–Crippen MR) is 459 cm³/mol. The fourth-order valence-corrected chi connectivity index (χ4v) is 19.7. The van der Waals surface area contributed by atoms with Gasteiger partial charge in [-0.1, -0.05) is 328 Å². The maximum atomic E-state index is 2.53. The average molecular weight is 1390 g/mol. The molecular formula is C109H71N. The second kappa shape index (κ2) is 24.9. The van der Waals surface area contributed by atoms with Crippen LogP contribution in [0.4, 0.5) is 0 Å². The summed E-state index contributed by atoms with van der Waals surface area (Å²) in [5, 5.41) is 7.69. The van der Waals surface area contributed by atoms with E-state index in [4.69, 9.17) is 0 Å². The number of rotatable bonds is 8. The van der Waals surface area contributed by atoms with Crippen molar-refractivity contribution in [2.75, 3.05) is 0 Å². The van der Waals surface area contributed by atoms with Crippen molar-refractivity contribution >= 4 is 43.4 Å². The number of aromatic nitrogens is 1. The zero-order chi connectivity index (χ0) is 72.1. The van der Waals surface area contributed by atoms with E-state index in [0.29, 0.717) is 0 Å². The Balaban J connectivity index is 0.000000132. The van der Waals surface area contributed by atoms with Crippen LogP contribution in [0.5, 0.6) is 0 Å².